The molecule has 0 spiro atoms. The molecule has 1 saturated carbocycles. The molecular weight excluding hydrogens is 599 g/mol. The predicted molar refractivity (Wildman–Crippen MR) is 200 cm³/mol. The predicted octanol–water partition coefficient (Wildman–Crippen LogP) is 10.9. The van der Waals surface area contributed by atoms with Crippen LogP contribution < -0.4 is 29.6 Å². The van der Waals surface area contributed by atoms with Gasteiger partial charge in [0.1, 0.15) is 23.0 Å². The molecule has 4 nitrogen and oxygen atoms in total. The fourth-order valence-corrected chi connectivity index (χ4v) is 9.60. The summed E-state index contributed by atoms with van der Waals surface area (Å²) in [4.78, 5) is 0. The molecule has 0 heterocycles. The number of rotatable bonds is 13. The van der Waals surface area contributed by atoms with E-state index in [2.05, 4.69) is 128 Å². The maximum absolute atomic E-state index is 6.37. The molecule has 0 N–H and O–H groups in total. The standard InChI is InChI=1S/C42H53O4P/c1-28(2)43-37-22-14-23-38(44-29(3)4)41(37)32-16-12-20-35(26-32)47(34-18-10-9-11-19-34)36-21-13-17-33(27-36)42-39(45-30(5)6)24-15-25-40(42)46-31(7)8/h12-17,20-31,34H,9-11,18-19H2,1-8H3. The van der Waals surface area contributed by atoms with Gasteiger partial charge in [0.2, 0.25) is 0 Å². The molecule has 1 aliphatic carbocycles. The van der Waals surface area contributed by atoms with Gasteiger partial charge in [-0.15, -0.1) is 0 Å². The molecule has 5 rings (SSSR count). The van der Waals surface area contributed by atoms with Crippen molar-refractivity contribution in [3.8, 4) is 45.3 Å². The molecule has 5 heteroatoms. The normalized spacial score (nSPS) is 14.0. The monoisotopic (exact) mass is 652 g/mol. The molecule has 250 valence electrons. The van der Waals surface area contributed by atoms with Crippen molar-refractivity contribution in [2.75, 3.05) is 0 Å². The fraction of sp³-hybridized carbons (Fsp3) is 0.429. The molecular formula is C42H53O4P. The van der Waals surface area contributed by atoms with Crippen LogP contribution in [0.5, 0.6) is 23.0 Å². The molecule has 0 radical (unpaired) electrons. The molecule has 0 saturated heterocycles. The van der Waals surface area contributed by atoms with Crippen LogP contribution >= 0.6 is 7.92 Å². The van der Waals surface area contributed by atoms with Crippen molar-refractivity contribution >= 4 is 18.5 Å². The third-order valence-electron chi connectivity index (χ3n) is 8.19. The Morgan fingerprint density at radius 1 is 0.468 bits per heavy atom. The van der Waals surface area contributed by atoms with Gasteiger partial charge in [0, 0.05) is 0 Å². The Balaban J connectivity index is 1.65. The summed E-state index contributed by atoms with van der Waals surface area (Å²) >= 11 is 0. The zero-order chi connectivity index (χ0) is 33.5. The lowest BCUT2D eigenvalue weighted by Crippen LogP contribution is -2.24. The Morgan fingerprint density at radius 2 is 0.809 bits per heavy atom. The topological polar surface area (TPSA) is 36.9 Å². The van der Waals surface area contributed by atoms with E-state index in [9.17, 15) is 0 Å². The van der Waals surface area contributed by atoms with E-state index in [0.29, 0.717) is 5.66 Å². The van der Waals surface area contributed by atoms with Crippen LogP contribution in [-0.4, -0.2) is 30.1 Å². The van der Waals surface area contributed by atoms with E-state index in [1.807, 2.05) is 12.1 Å². The van der Waals surface area contributed by atoms with Crippen LogP contribution in [0, 0.1) is 0 Å². The molecule has 0 amide bonds. The zero-order valence-corrected chi connectivity index (χ0v) is 30.5. The van der Waals surface area contributed by atoms with Crippen molar-refractivity contribution in [1.29, 1.82) is 0 Å². The molecule has 47 heavy (non-hydrogen) atoms. The second-order valence-electron chi connectivity index (χ2n) is 13.7. The van der Waals surface area contributed by atoms with Gasteiger partial charge in [0.25, 0.3) is 0 Å². The summed E-state index contributed by atoms with van der Waals surface area (Å²) in [6, 6.07) is 30.7. The van der Waals surface area contributed by atoms with Gasteiger partial charge >= 0.3 is 0 Å². The second kappa shape index (κ2) is 16.1. The van der Waals surface area contributed by atoms with Crippen molar-refractivity contribution in [1.82, 2.24) is 0 Å². The number of hydrogen-bond acceptors (Lipinski definition) is 4. The Morgan fingerprint density at radius 3 is 1.15 bits per heavy atom. The van der Waals surface area contributed by atoms with Crippen molar-refractivity contribution in [3.63, 3.8) is 0 Å². The van der Waals surface area contributed by atoms with Crippen molar-refractivity contribution < 1.29 is 18.9 Å². The molecule has 1 fully saturated rings. The summed E-state index contributed by atoms with van der Waals surface area (Å²) in [6.45, 7) is 16.6. The van der Waals surface area contributed by atoms with Crippen molar-refractivity contribution in [3.05, 3.63) is 84.9 Å². The minimum atomic E-state index is -0.651. The van der Waals surface area contributed by atoms with E-state index in [1.165, 1.54) is 42.7 Å². The first kappa shape index (κ1) is 34.8. The molecule has 0 unspecified atom stereocenters. The smallest absolute Gasteiger partial charge is 0.131 e. The Bertz CT molecular complexity index is 1430. The van der Waals surface area contributed by atoms with Gasteiger partial charge in [-0.25, -0.2) is 0 Å². The van der Waals surface area contributed by atoms with Gasteiger partial charge in [0.15, 0.2) is 0 Å². The van der Waals surface area contributed by atoms with E-state index >= 15 is 0 Å². The van der Waals surface area contributed by atoms with Crippen LogP contribution in [0.4, 0.5) is 0 Å². The third-order valence-corrected chi connectivity index (χ3v) is 11.1. The van der Waals surface area contributed by atoms with E-state index < -0.39 is 7.92 Å². The summed E-state index contributed by atoms with van der Waals surface area (Å²) in [5, 5.41) is 2.78. The zero-order valence-electron chi connectivity index (χ0n) is 29.6. The highest BCUT2D eigenvalue weighted by Gasteiger charge is 2.28. The van der Waals surface area contributed by atoms with E-state index in [4.69, 9.17) is 18.9 Å². The molecule has 4 aromatic carbocycles. The van der Waals surface area contributed by atoms with E-state index in [1.54, 1.807) is 0 Å². The average Bonchev–Trinajstić information content (AvgIpc) is 3.01. The Kier molecular flexibility index (Phi) is 11.9. The van der Waals surface area contributed by atoms with Crippen molar-refractivity contribution in [2.45, 2.75) is 118 Å². The first-order chi connectivity index (χ1) is 22.6. The number of ether oxygens (including phenoxy) is 4. The molecule has 0 bridgehead atoms. The number of benzene rings is 4. The summed E-state index contributed by atoms with van der Waals surface area (Å²) in [6.07, 6.45) is 6.63. The fourth-order valence-electron chi connectivity index (χ4n) is 6.53. The number of hydrogen-bond donors (Lipinski definition) is 0. The molecule has 4 aromatic rings. The van der Waals surface area contributed by atoms with Crippen molar-refractivity contribution in [2.24, 2.45) is 0 Å². The average molecular weight is 653 g/mol. The maximum Gasteiger partial charge on any atom is 0.131 e. The summed E-state index contributed by atoms with van der Waals surface area (Å²) in [5.74, 6) is 3.44. The lowest BCUT2D eigenvalue weighted by molar-refractivity contribution is 0.230. The molecule has 1 aliphatic rings. The van der Waals surface area contributed by atoms with Crippen LogP contribution in [0.15, 0.2) is 84.9 Å². The molecule has 0 aliphatic heterocycles. The van der Waals surface area contributed by atoms with Gasteiger partial charge in [-0.3, -0.25) is 0 Å². The lowest BCUT2D eigenvalue weighted by Gasteiger charge is -2.32. The quantitative estimate of drug-likeness (QED) is 0.135. The van der Waals surface area contributed by atoms with Crippen LogP contribution in [0.25, 0.3) is 22.3 Å². The molecule has 0 atom stereocenters. The highest BCUT2D eigenvalue weighted by atomic mass is 31.1. The minimum absolute atomic E-state index is 0.0560. The maximum atomic E-state index is 6.37. The minimum Gasteiger partial charge on any atom is -0.490 e. The third kappa shape index (κ3) is 8.90. The first-order valence-electron chi connectivity index (χ1n) is 17.5. The molecule has 0 aromatic heterocycles. The van der Waals surface area contributed by atoms with Crippen LogP contribution in [0.1, 0.15) is 87.5 Å². The van der Waals surface area contributed by atoms with Gasteiger partial charge in [-0.05, 0) is 140 Å². The highest BCUT2D eigenvalue weighted by molar-refractivity contribution is 7.73. The van der Waals surface area contributed by atoms with Crippen LogP contribution in [0.3, 0.4) is 0 Å². The Labute approximate surface area is 284 Å². The van der Waals surface area contributed by atoms with Gasteiger partial charge in [0.05, 0.1) is 35.5 Å². The van der Waals surface area contributed by atoms with E-state index in [-0.39, 0.29) is 24.4 Å². The summed E-state index contributed by atoms with van der Waals surface area (Å²) < 4.78 is 25.5. The van der Waals surface area contributed by atoms with Gasteiger partial charge in [-0.2, -0.15) is 0 Å². The SMILES string of the molecule is CC(C)Oc1cccc(OC(C)C)c1-c1cccc(P(c2cccc(-c3c(OC(C)C)cccc3OC(C)C)c2)C2CCCCC2)c1. The highest BCUT2D eigenvalue weighted by Crippen LogP contribution is 2.49. The first-order valence-corrected chi connectivity index (χ1v) is 18.9. The second-order valence-corrected chi connectivity index (χ2v) is 16.2. The van der Waals surface area contributed by atoms with Crippen LogP contribution in [-0.2, 0) is 0 Å². The van der Waals surface area contributed by atoms with Gasteiger partial charge < -0.3 is 18.9 Å². The largest absolute Gasteiger partial charge is 0.490 e. The summed E-state index contributed by atoms with van der Waals surface area (Å²) in [5.41, 5.74) is 4.94. The lowest BCUT2D eigenvalue weighted by atomic mass is 10.0. The van der Waals surface area contributed by atoms with Crippen LogP contribution in [0.2, 0.25) is 0 Å². The Hall–Kier alpha value is -3.49. The van der Waals surface area contributed by atoms with Gasteiger partial charge in [-0.1, -0.05) is 67.8 Å². The van der Waals surface area contributed by atoms with E-state index in [0.717, 1.165) is 45.3 Å². The summed E-state index contributed by atoms with van der Waals surface area (Å²) in [7, 11) is -0.651.